The van der Waals surface area contributed by atoms with Crippen LogP contribution < -0.4 is 10.2 Å². The molecule has 0 N–H and O–H groups in total. The number of nitrogens with zero attached hydrogens (tertiary/aromatic N) is 1. The van der Waals surface area contributed by atoms with E-state index in [0.717, 1.165) is 18.1 Å². The molecular formula is C21H22BNO3. The molecule has 0 atom stereocenters. The van der Waals surface area contributed by atoms with Gasteiger partial charge in [0.15, 0.2) is 0 Å². The zero-order valence-corrected chi connectivity index (χ0v) is 15.6. The number of aldehydes is 1. The van der Waals surface area contributed by atoms with Gasteiger partial charge in [-0.2, -0.15) is 5.26 Å². The molecule has 26 heavy (non-hydrogen) atoms. The van der Waals surface area contributed by atoms with Gasteiger partial charge < -0.3 is 9.39 Å². The Hall–Kier alpha value is -2.58. The Morgan fingerprint density at radius 1 is 1.12 bits per heavy atom. The molecule has 132 valence electrons. The minimum absolute atomic E-state index is 0.0233. The molecule has 0 radical (unpaired) electrons. The highest BCUT2D eigenvalue weighted by molar-refractivity contribution is 6.69. The Kier molecular flexibility index (Phi) is 4.64. The highest BCUT2D eigenvalue weighted by Crippen LogP contribution is 2.45. The summed E-state index contributed by atoms with van der Waals surface area (Å²) in [7, 11) is 0. The number of nitriles is 1. The van der Waals surface area contributed by atoms with Gasteiger partial charge in [0, 0.05) is 5.56 Å². The summed E-state index contributed by atoms with van der Waals surface area (Å²) in [4.78, 5) is 11.6. The van der Waals surface area contributed by atoms with Crippen molar-refractivity contribution in [2.75, 3.05) is 0 Å². The smallest absolute Gasteiger partial charge is 0.328 e. The first-order valence-electron chi connectivity index (χ1n) is 8.71. The van der Waals surface area contributed by atoms with Crippen LogP contribution in [0.2, 0.25) is 6.32 Å². The lowest BCUT2D eigenvalue weighted by Crippen LogP contribution is -2.37. The van der Waals surface area contributed by atoms with Crippen LogP contribution in [0.25, 0.3) is 0 Å². The molecule has 0 amide bonds. The first-order chi connectivity index (χ1) is 12.3. The monoisotopic (exact) mass is 347 g/mol. The molecule has 2 aromatic carbocycles. The molecule has 0 aliphatic carbocycles. The average Bonchev–Trinajstić information content (AvgIpc) is 2.83. The van der Waals surface area contributed by atoms with E-state index < -0.39 is 0 Å². The van der Waals surface area contributed by atoms with Gasteiger partial charge in [0.25, 0.3) is 0 Å². The summed E-state index contributed by atoms with van der Waals surface area (Å²) >= 11 is 0. The van der Waals surface area contributed by atoms with E-state index in [4.69, 9.17) is 14.7 Å². The quantitative estimate of drug-likeness (QED) is 0.614. The van der Waals surface area contributed by atoms with Crippen molar-refractivity contribution in [3.05, 3.63) is 53.6 Å². The summed E-state index contributed by atoms with van der Waals surface area (Å²) in [5.74, 6) is 1.20. The largest absolute Gasteiger partial charge is 0.457 e. The summed E-state index contributed by atoms with van der Waals surface area (Å²) in [6.07, 6.45) is 1.71. The Labute approximate surface area is 154 Å². The standard InChI is InChI=1S/C21H22BNO3/c1-20(2)14-22(26-21(20,3)4)19-10-9-18(11-16(19)13-24)25-17-7-5-15(12-23)6-8-17/h5-11,13H,14H2,1-4H3. The summed E-state index contributed by atoms with van der Waals surface area (Å²) in [5.41, 5.74) is 1.82. The van der Waals surface area contributed by atoms with E-state index in [9.17, 15) is 4.79 Å². The second-order valence-corrected chi connectivity index (χ2v) is 7.85. The molecule has 1 aliphatic heterocycles. The van der Waals surface area contributed by atoms with E-state index >= 15 is 0 Å². The summed E-state index contributed by atoms with van der Waals surface area (Å²) < 4.78 is 12.1. The van der Waals surface area contributed by atoms with Gasteiger partial charge in [-0.25, -0.2) is 0 Å². The molecular weight excluding hydrogens is 325 g/mol. The van der Waals surface area contributed by atoms with Gasteiger partial charge in [-0.15, -0.1) is 0 Å². The molecule has 4 nitrogen and oxygen atoms in total. The highest BCUT2D eigenvalue weighted by Gasteiger charge is 2.50. The molecule has 1 aliphatic rings. The van der Waals surface area contributed by atoms with Crippen molar-refractivity contribution >= 4 is 18.7 Å². The van der Waals surface area contributed by atoms with Gasteiger partial charge in [0.2, 0.25) is 0 Å². The fourth-order valence-corrected chi connectivity index (χ4v) is 3.18. The second-order valence-electron chi connectivity index (χ2n) is 7.85. The predicted molar refractivity (Wildman–Crippen MR) is 102 cm³/mol. The van der Waals surface area contributed by atoms with Crippen molar-refractivity contribution in [1.29, 1.82) is 5.26 Å². The van der Waals surface area contributed by atoms with Crippen molar-refractivity contribution in [3.63, 3.8) is 0 Å². The number of ether oxygens (including phenoxy) is 1. The van der Waals surface area contributed by atoms with Gasteiger partial charge in [-0.05, 0) is 67.4 Å². The third-order valence-electron chi connectivity index (χ3n) is 5.51. The van der Waals surface area contributed by atoms with Crippen LogP contribution >= 0.6 is 0 Å². The SMILES string of the molecule is CC1(C)CB(c2ccc(Oc3ccc(C#N)cc3)cc2C=O)OC1(C)C. The van der Waals surface area contributed by atoms with Crippen LogP contribution in [0.1, 0.15) is 43.6 Å². The maximum Gasteiger partial charge on any atom is 0.328 e. The minimum Gasteiger partial charge on any atom is -0.457 e. The molecule has 0 aromatic heterocycles. The van der Waals surface area contributed by atoms with Gasteiger partial charge in [0.1, 0.15) is 17.8 Å². The fourth-order valence-electron chi connectivity index (χ4n) is 3.18. The average molecular weight is 347 g/mol. The molecule has 0 spiro atoms. The first-order valence-corrected chi connectivity index (χ1v) is 8.71. The number of rotatable bonds is 4. The van der Waals surface area contributed by atoms with Crippen molar-refractivity contribution in [1.82, 2.24) is 0 Å². The van der Waals surface area contributed by atoms with Crippen molar-refractivity contribution in [2.24, 2.45) is 5.41 Å². The summed E-state index contributed by atoms with van der Waals surface area (Å²) in [6.45, 7) is 8.46. The lowest BCUT2D eigenvalue weighted by atomic mass is 9.53. The maximum atomic E-state index is 11.6. The zero-order chi connectivity index (χ0) is 18.9. The molecule has 2 aromatic rings. The van der Waals surface area contributed by atoms with Crippen LogP contribution in [0.3, 0.4) is 0 Å². The van der Waals surface area contributed by atoms with Crippen LogP contribution in [-0.4, -0.2) is 18.8 Å². The number of hydrogen-bond donors (Lipinski definition) is 0. The number of carbonyl (C=O) groups excluding carboxylic acids is 1. The third kappa shape index (κ3) is 3.38. The first kappa shape index (κ1) is 18.2. The molecule has 0 unspecified atom stereocenters. The number of benzene rings is 2. The number of hydrogen-bond acceptors (Lipinski definition) is 4. The summed E-state index contributed by atoms with van der Waals surface area (Å²) in [5, 5.41) is 8.85. The lowest BCUT2D eigenvalue weighted by Gasteiger charge is -2.34. The zero-order valence-electron chi connectivity index (χ0n) is 15.6. The Balaban J connectivity index is 1.84. The van der Waals surface area contributed by atoms with Gasteiger partial charge in [0.05, 0.1) is 17.2 Å². The van der Waals surface area contributed by atoms with Crippen LogP contribution in [0.4, 0.5) is 0 Å². The van der Waals surface area contributed by atoms with Gasteiger partial charge in [-0.3, -0.25) is 4.79 Å². The topological polar surface area (TPSA) is 59.3 Å². The van der Waals surface area contributed by atoms with Gasteiger partial charge in [-0.1, -0.05) is 19.9 Å². The van der Waals surface area contributed by atoms with Crippen LogP contribution in [0.15, 0.2) is 42.5 Å². The van der Waals surface area contributed by atoms with E-state index in [1.807, 2.05) is 12.1 Å². The Morgan fingerprint density at radius 3 is 2.31 bits per heavy atom. The van der Waals surface area contributed by atoms with Crippen molar-refractivity contribution < 1.29 is 14.2 Å². The van der Waals surface area contributed by atoms with Gasteiger partial charge >= 0.3 is 6.92 Å². The molecule has 0 bridgehead atoms. The fraction of sp³-hybridized carbons (Fsp3) is 0.333. The van der Waals surface area contributed by atoms with Crippen LogP contribution in [0.5, 0.6) is 11.5 Å². The van der Waals surface area contributed by atoms with Crippen molar-refractivity contribution in [2.45, 2.75) is 39.6 Å². The van der Waals surface area contributed by atoms with E-state index in [2.05, 4.69) is 33.8 Å². The molecule has 1 heterocycles. The predicted octanol–water partition coefficient (Wildman–Crippen LogP) is 4.20. The highest BCUT2D eigenvalue weighted by atomic mass is 16.5. The van der Waals surface area contributed by atoms with Crippen LogP contribution in [-0.2, 0) is 4.65 Å². The maximum absolute atomic E-state index is 11.6. The molecule has 3 rings (SSSR count). The Morgan fingerprint density at radius 2 is 1.77 bits per heavy atom. The van der Waals surface area contributed by atoms with E-state index in [1.54, 1.807) is 30.3 Å². The minimum atomic E-state index is -0.254. The van der Waals surface area contributed by atoms with E-state index in [1.165, 1.54) is 0 Å². The van der Waals surface area contributed by atoms with E-state index in [-0.39, 0.29) is 17.9 Å². The van der Waals surface area contributed by atoms with Crippen molar-refractivity contribution in [3.8, 4) is 17.6 Å². The normalized spacial score (nSPS) is 17.6. The van der Waals surface area contributed by atoms with Crippen LogP contribution in [0, 0.1) is 16.7 Å². The molecule has 1 fully saturated rings. The third-order valence-corrected chi connectivity index (χ3v) is 5.51. The molecule has 1 saturated heterocycles. The van der Waals surface area contributed by atoms with E-state index in [0.29, 0.717) is 22.6 Å². The molecule has 5 heteroatoms. The summed E-state index contributed by atoms with van der Waals surface area (Å²) in [6, 6.07) is 14.4. The lowest BCUT2D eigenvalue weighted by molar-refractivity contribution is 0.0375. The number of carbonyl (C=O) groups is 1. The Bertz CT molecular complexity index is 850. The molecule has 0 saturated carbocycles. The second kappa shape index (κ2) is 6.62.